The number of alkyl carbamates (subject to hydrolysis) is 1. The summed E-state index contributed by atoms with van der Waals surface area (Å²) in [4.78, 5) is 39.7. The number of imide groups is 1. The number of allylic oxidation sites excluding steroid dienone is 1. The zero-order valence-electron chi connectivity index (χ0n) is 22.4. The van der Waals surface area contributed by atoms with E-state index < -0.39 is 29.8 Å². The Balaban J connectivity index is 1.53. The zero-order valence-corrected chi connectivity index (χ0v) is 22.4. The van der Waals surface area contributed by atoms with E-state index in [9.17, 15) is 14.4 Å². The molecule has 0 aromatic rings. The van der Waals surface area contributed by atoms with E-state index in [1.54, 1.807) is 26.1 Å². The zero-order chi connectivity index (χ0) is 26.7. The Morgan fingerprint density at radius 2 is 1.92 bits per heavy atom. The van der Waals surface area contributed by atoms with E-state index in [2.05, 4.69) is 32.2 Å². The number of carbonyl (C=O) groups is 3. The standard InChI is InChI=1S/C25H42N4O7/c1-16(2)7-8-18-24(3,36-18)22-21(33-6)17(9-10-25(22)15-34-25)35-23(32)27-19(30)14-28(4)11-12-29(5)20(31)13-26/h7,17-18,21-22H,8-15,26H2,1-6H3,(H,27,30,32)/t17?,18-,21?,22?,24?,25+/m1/s1. The number of methoxy groups -OCH3 is 1. The second-order valence-corrected chi connectivity index (χ2v) is 10.6. The maximum atomic E-state index is 12.6. The average Bonchev–Trinajstić information content (AvgIpc) is 3.73. The molecule has 36 heavy (non-hydrogen) atoms. The van der Waals surface area contributed by atoms with Crippen molar-refractivity contribution in [2.24, 2.45) is 11.7 Å². The number of ether oxygens (including phenoxy) is 4. The van der Waals surface area contributed by atoms with Gasteiger partial charge in [-0.25, -0.2) is 4.79 Å². The molecule has 1 saturated carbocycles. The highest BCUT2D eigenvalue weighted by atomic mass is 16.6. The number of carbonyl (C=O) groups excluding carboxylic acids is 3. The molecule has 2 heterocycles. The molecular formula is C25H42N4O7. The molecule has 2 aliphatic heterocycles. The summed E-state index contributed by atoms with van der Waals surface area (Å²) in [6, 6.07) is 0. The third kappa shape index (κ3) is 6.63. The summed E-state index contributed by atoms with van der Waals surface area (Å²) >= 11 is 0. The molecule has 3 aliphatic rings. The molecule has 0 radical (unpaired) electrons. The lowest BCUT2D eigenvalue weighted by atomic mass is 9.68. The van der Waals surface area contributed by atoms with Crippen LogP contribution >= 0.6 is 0 Å². The molecule has 3 amide bonds. The van der Waals surface area contributed by atoms with Crippen molar-refractivity contribution >= 4 is 17.9 Å². The molecule has 1 spiro atoms. The summed E-state index contributed by atoms with van der Waals surface area (Å²) < 4.78 is 23.7. The minimum atomic E-state index is -0.801. The largest absolute Gasteiger partial charge is 0.443 e. The quantitative estimate of drug-likeness (QED) is 0.303. The highest BCUT2D eigenvalue weighted by Gasteiger charge is 2.72. The molecule has 4 unspecified atom stereocenters. The van der Waals surface area contributed by atoms with Gasteiger partial charge in [0.05, 0.1) is 31.7 Å². The average molecular weight is 511 g/mol. The molecule has 1 aliphatic carbocycles. The molecule has 2 saturated heterocycles. The van der Waals surface area contributed by atoms with Crippen LogP contribution in [0.3, 0.4) is 0 Å². The lowest BCUT2D eigenvalue weighted by Gasteiger charge is -2.42. The van der Waals surface area contributed by atoms with Crippen LogP contribution in [0.15, 0.2) is 11.6 Å². The number of likely N-dealkylation sites (N-methyl/N-ethyl adjacent to an activating group) is 2. The molecule has 204 valence electrons. The Morgan fingerprint density at radius 1 is 1.22 bits per heavy atom. The number of rotatable bonds is 11. The van der Waals surface area contributed by atoms with Crippen LogP contribution in [0.1, 0.15) is 40.0 Å². The lowest BCUT2D eigenvalue weighted by Crippen LogP contribution is -2.56. The van der Waals surface area contributed by atoms with E-state index in [0.717, 1.165) is 12.8 Å². The fraction of sp³-hybridized carbons (Fsp3) is 0.800. The van der Waals surface area contributed by atoms with Gasteiger partial charge in [0, 0.05) is 27.2 Å². The second kappa shape index (κ2) is 11.6. The number of hydrogen-bond acceptors (Lipinski definition) is 9. The lowest BCUT2D eigenvalue weighted by molar-refractivity contribution is -0.128. The van der Waals surface area contributed by atoms with E-state index in [1.165, 1.54) is 10.5 Å². The number of nitrogens with zero attached hydrogens (tertiary/aromatic N) is 2. The Bertz CT molecular complexity index is 857. The van der Waals surface area contributed by atoms with Gasteiger partial charge < -0.3 is 29.6 Å². The summed E-state index contributed by atoms with van der Waals surface area (Å²) in [6.45, 7) is 7.64. The fourth-order valence-electron chi connectivity index (χ4n) is 5.32. The molecule has 6 atom stereocenters. The van der Waals surface area contributed by atoms with Gasteiger partial charge in [0.2, 0.25) is 11.8 Å². The van der Waals surface area contributed by atoms with Gasteiger partial charge in [0.1, 0.15) is 23.4 Å². The second-order valence-electron chi connectivity index (χ2n) is 10.6. The van der Waals surface area contributed by atoms with Crippen LogP contribution in [0.4, 0.5) is 4.79 Å². The molecule has 3 fully saturated rings. The van der Waals surface area contributed by atoms with Gasteiger partial charge in [0.15, 0.2) is 0 Å². The molecule has 3 N–H and O–H groups in total. The van der Waals surface area contributed by atoms with Crippen molar-refractivity contribution < 1.29 is 33.3 Å². The van der Waals surface area contributed by atoms with Gasteiger partial charge in [-0.2, -0.15) is 0 Å². The molecule has 0 aromatic carbocycles. The van der Waals surface area contributed by atoms with Crippen molar-refractivity contribution in [2.75, 3.05) is 54.0 Å². The van der Waals surface area contributed by atoms with Crippen LogP contribution < -0.4 is 11.1 Å². The first-order valence-corrected chi connectivity index (χ1v) is 12.6. The fourth-order valence-corrected chi connectivity index (χ4v) is 5.32. The molecule has 3 rings (SSSR count). The molecule has 0 bridgehead atoms. The van der Waals surface area contributed by atoms with Crippen LogP contribution in [0.25, 0.3) is 0 Å². The number of nitrogens with two attached hydrogens (primary N) is 1. The van der Waals surface area contributed by atoms with Gasteiger partial charge in [-0.05, 0) is 47.1 Å². The molecular weight excluding hydrogens is 468 g/mol. The molecule has 11 heteroatoms. The van der Waals surface area contributed by atoms with Crippen LogP contribution in [0, 0.1) is 5.92 Å². The summed E-state index contributed by atoms with van der Waals surface area (Å²) in [6.07, 6.45) is 2.60. The van der Waals surface area contributed by atoms with Crippen molar-refractivity contribution in [1.82, 2.24) is 15.1 Å². The Labute approximate surface area is 213 Å². The van der Waals surface area contributed by atoms with Crippen molar-refractivity contribution in [3.8, 4) is 0 Å². The van der Waals surface area contributed by atoms with Crippen LogP contribution in [0.2, 0.25) is 0 Å². The Hall–Kier alpha value is -2.05. The predicted octanol–water partition coefficient (Wildman–Crippen LogP) is 0.665. The van der Waals surface area contributed by atoms with E-state index in [-0.39, 0.29) is 36.6 Å². The van der Waals surface area contributed by atoms with Crippen molar-refractivity contribution in [3.63, 3.8) is 0 Å². The first-order chi connectivity index (χ1) is 17.0. The monoisotopic (exact) mass is 510 g/mol. The summed E-state index contributed by atoms with van der Waals surface area (Å²) in [5.41, 5.74) is 5.84. The van der Waals surface area contributed by atoms with E-state index >= 15 is 0 Å². The van der Waals surface area contributed by atoms with E-state index in [4.69, 9.17) is 24.7 Å². The number of epoxide rings is 2. The number of hydrogen-bond donors (Lipinski definition) is 2. The highest BCUT2D eigenvalue weighted by molar-refractivity contribution is 5.92. The summed E-state index contributed by atoms with van der Waals surface area (Å²) in [5, 5.41) is 2.30. The number of nitrogens with one attached hydrogen (secondary N) is 1. The third-order valence-electron chi connectivity index (χ3n) is 7.57. The van der Waals surface area contributed by atoms with Gasteiger partial charge in [-0.1, -0.05) is 11.6 Å². The normalized spacial score (nSPS) is 32.7. The topological polar surface area (TPSA) is 139 Å². The molecule has 11 nitrogen and oxygen atoms in total. The van der Waals surface area contributed by atoms with E-state index in [0.29, 0.717) is 26.1 Å². The Kier molecular flexibility index (Phi) is 9.16. The first kappa shape index (κ1) is 28.5. The predicted molar refractivity (Wildman–Crippen MR) is 132 cm³/mol. The van der Waals surface area contributed by atoms with Crippen molar-refractivity contribution in [2.45, 2.75) is 69.5 Å². The van der Waals surface area contributed by atoms with Gasteiger partial charge >= 0.3 is 6.09 Å². The molecule has 0 aromatic heterocycles. The summed E-state index contributed by atoms with van der Waals surface area (Å²) in [7, 11) is 4.99. The minimum Gasteiger partial charge on any atom is -0.443 e. The van der Waals surface area contributed by atoms with Crippen molar-refractivity contribution in [3.05, 3.63) is 11.6 Å². The van der Waals surface area contributed by atoms with Gasteiger partial charge in [0.25, 0.3) is 0 Å². The first-order valence-electron chi connectivity index (χ1n) is 12.6. The minimum absolute atomic E-state index is 0.0182. The SMILES string of the molecule is COC1C(OC(=O)NC(=O)CN(C)CCN(C)C(=O)CN)CC[C@]2(CO2)C1C1(C)O[C@@H]1CC=C(C)C. The van der Waals surface area contributed by atoms with Crippen LogP contribution in [0.5, 0.6) is 0 Å². The Morgan fingerprint density at radius 3 is 2.50 bits per heavy atom. The van der Waals surface area contributed by atoms with Gasteiger partial charge in [-0.15, -0.1) is 0 Å². The maximum Gasteiger partial charge on any atom is 0.414 e. The van der Waals surface area contributed by atoms with Crippen LogP contribution in [-0.2, 0) is 28.5 Å². The highest BCUT2D eigenvalue weighted by Crippen LogP contribution is 2.59. The maximum absolute atomic E-state index is 12.6. The van der Waals surface area contributed by atoms with E-state index in [1.807, 2.05) is 0 Å². The van der Waals surface area contributed by atoms with Gasteiger partial charge in [-0.3, -0.25) is 19.8 Å². The summed E-state index contributed by atoms with van der Waals surface area (Å²) in [5.74, 6) is -0.757. The van der Waals surface area contributed by atoms with Crippen LogP contribution in [-0.4, -0.2) is 111 Å². The number of amides is 3. The van der Waals surface area contributed by atoms with Crippen molar-refractivity contribution in [1.29, 1.82) is 0 Å². The smallest absolute Gasteiger partial charge is 0.414 e. The third-order valence-corrected chi connectivity index (χ3v) is 7.57.